The predicted octanol–water partition coefficient (Wildman–Crippen LogP) is 2.56. The number of nitrogens with zero attached hydrogens (tertiary/aromatic N) is 3. The molecule has 1 saturated heterocycles. The number of amides is 2. The van der Waals surface area contributed by atoms with Gasteiger partial charge >= 0.3 is 12.0 Å². The number of halogens is 1. The molecule has 0 spiro atoms. The number of rotatable bonds is 2. The van der Waals surface area contributed by atoms with E-state index in [9.17, 15) is 18.8 Å². The maximum absolute atomic E-state index is 14.3. The number of piperidine rings is 1. The number of urea groups is 1. The Morgan fingerprint density at radius 2 is 1.75 bits per heavy atom. The molecule has 4 rings (SSSR count). The van der Waals surface area contributed by atoms with Crippen LogP contribution in [0.4, 0.5) is 9.18 Å². The van der Waals surface area contributed by atoms with Gasteiger partial charge in [-0.25, -0.2) is 14.0 Å². The number of ether oxygens (including phenoxy) is 1. The van der Waals surface area contributed by atoms with Gasteiger partial charge in [-0.1, -0.05) is 0 Å². The molecule has 1 aromatic heterocycles. The largest absolute Gasteiger partial charge is 0.463 e. The molecule has 3 heterocycles. The molecule has 0 radical (unpaired) electrons. The van der Waals surface area contributed by atoms with Crippen LogP contribution in [0.3, 0.4) is 0 Å². The fourth-order valence-electron chi connectivity index (χ4n) is 4.13. The molecule has 0 unspecified atom stereocenters. The lowest BCUT2D eigenvalue weighted by molar-refractivity contribution is -0.135. The Labute approximate surface area is 161 Å². The summed E-state index contributed by atoms with van der Waals surface area (Å²) in [6.07, 6.45) is 4.70. The molecular weight excluding hydrogens is 365 g/mol. The summed E-state index contributed by atoms with van der Waals surface area (Å²) in [5.41, 5.74) is 1.43. The van der Waals surface area contributed by atoms with Crippen LogP contribution in [0.5, 0.6) is 0 Å². The van der Waals surface area contributed by atoms with Crippen molar-refractivity contribution >= 4 is 28.7 Å². The number of hydrogen-bond acceptors (Lipinski definition) is 4. The van der Waals surface area contributed by atoms with E-state index in [2.05, 4.69) is 4.74 Å². The van der Waals surface area contributed by atoms with Crippen LogP contribution in [0, 0.1) is 5.82 Å². The summed E-state index contributed by atoms with van der Waals surface area (Å²) in [5, 5.41) is 0.373. The summed E-state index contributed by atoms with van der Waals surface area (Å²) >= 11 is 0. The van der Waals surface area contributed by atoms with E-state index in [-0.39, 0.29) is 18.1 Å². The minimum atomic E-state index is -0.983. The van der Waals surface area contributed by atoms with Gasteiger partial charge < -0.3 is 19.1 Å². The zero-order valence-electron chi connectivity index (χ0n) is 15.7. The highest BCUT2D eigenvalue weighted by Crippen LogP contribution is 2.30. The van der Waals surface area contributed by atoms with Crippen LogP contribution < -0.4 is 0 Å². The van der Waals surface area contributed by atoms with Crippen LogP contribution in [0.2, 0.25) is 0 Å². The predicted molar refractivity (Wildman–Crippen MR) is 99.5 cm³/mol. The smallest absolute Gasteiger partial charge is 0.379 e. The number of carbonyl (C=O) groups is 3. The molecule has 0 saturated carbocycles. The van der Waals surface area contributed by atoms with Crippen molar-refractivity contribution in [3.63, 3.8) is 0 Å². The number of aromatic nitrogens is 1. The van der Waals surface area contributed by atoms with E-state index in [1.54, 1.807) is 11.1 Å². The molecule has 0 atom stereocenters. The highest BCUT2D eigenvalue weighted by Gasteiger charge is 2.29. The zero-order valence-corrected chi connectivity index (χ0v) is 15.7. The fourth-order valence-corrected chi connectivity index (χ4v) is 4.13. The van der Waals surface area contributed by atoms with Gasteiger partial charge in [-0.15, -0.1) is 0 Å². The highest BCUT2D eigenvalue weighted by molar-refractivity contribution is 6.43. The van der Waals surface area contributed by atoms with Crippen LogP contribution in [-0.4, -0.2) is 58.9 Å². The first-order chi connectivity index (χ1) is 13.5. The maximum Gasteiger partial charge on any atom is 0.379 e. The summed E-state index contributed by atoms with van der Waals surface area (Å²) < 4.78 is 20.7. The van der Waals surface area contributed by atoms with Crippen molar-refractivity contribution in [1.82, 2.24) is 14.4 Å². The molecule has 2 amide bonds. The second-order valence-electron chi connectivity index (χ2n) is 7.27. The summed E-state index contributed by atoms with van der Waals surface area (Å²) in [6, 6.07) is 2.62. The van der Waals surface area contributed by atoms with Gasteiger partial charge in [0.25, 0.3) is 5.78 Å². The minimum absolute atomic E-state index is 0.0336. The van der Waals surface area contributed by atoms with Crippen LogP contribution in [0.25, 0.3) is 10.9 Å². The minimum Gasteiger partial charge on any atom is -0.463 e. The molecule has 148 valence electrons. The van der Waals surface area contributed by atoms with Crippen molar-refractivity contribution in [3.05, 3.63) is 35.3 Å². The number of carbonyl (C=O) groups excluding carboxylic acids is 3. The molecule has 8 heteroatoms. The maximum atomic E-state index is 14.3. The molecule has 2 aromatic rings. The van der Waals surface area contributed by atoms with Crippen molar-refractivity contribution in [2.45, 2.75) is 32.4 Å². The van der Waals surface area contributed by atoms with Gasteiger partial charge in [0, 0.05) is 44.3 Å². The third kappa shape index (κ3) is 3.12. The second-order valence-corrected chi connectivity index (χ2v) is 7.27. The van der Waals surface area contributed by atoms with E-state index in [1.807, 2.05) is 9.47 Å². The fraction of sp³-hybridized carbons (Fsp3) is 0.450. The Bertz CT molecular complexity index is 962. The van der Waals surface area contributed by atoms with E-state index in [0.29, 0.717) is 29.6 Å². The number of Topliss-reactive ketones (excluding diaryl/α,β-unsaturated/α-hetero) is 1. The number of hydrogen-bond donors (Lipinski definition) is 0. The van der Waals surface area contributed by atoms with E-state index >= 15 is 0 Å². The highest BCUT2D eigenvalue weighted by atomic mass is 19.1. The number of esters is 1. The summed E-state index contributed by atoms with van der Waals surface area (Å²) in [7, 11) is 1.14. The lowest BCUT2D eigenvalue weighted by Crippen LogP contribution is -2.45. The van der Waals surface area contributed by atoms with Crippen LogP contribution in [0.1, 0.15) is 35.2 Å². The lowest BCUT2D eigenvalue weighted by atomic mass is 10.1. The zero-order chi connectivity index (χ0) is 19.8. The summed E-state index contributed by atoms with van der Waals surface area (Å²) in [4.78, 5) is 40.5. The molecule has 0 aliphatic carbocycles. The average Bonchev–Trinajstić information content (AvgIpc) is 2.97. The molecule has 7 nitrogen and oxygen atoms in total. The van der Waals surface area contributed by atoms with Crippen LogP contribution in [0.15, 0.2) is 18.3 Å². The van der Waals surface area contributed by atoms with Gasteiger partial charge in [-0.2, -0.15) is 0 Å². The Morgan fingerprint density at radius 1 is 1.00 bits per heavy atom. The molecule has 0 bridgehead atoms. The monoisotopic (exact) mass is 387 g/mol. The van der Waals surface area contributed by atoms with Crippen LogP contribution in [-0.2, 0) is 22.6 Å². The first kappa shape index (κ1) is 18.5. The summed E-state index contributed by atoms with van der Waals surface area (Å²) in [5.74, 6) is -2.29. The van der Waals surface area contributed by atoms with E-state index in [4.69, 9.17) is 0 Å². The summed E-state index contributed by atoms with van der Waals surface area (Å²) in [6.45, 7) is 2.67. The first-order valence-electron chi connectivity index (χ1n) is 9.47. The number of likely N-dealkylation sites (tertiary alicyclic amines) is 1. The topological polar surface area (TPSA) is 71.9 Å². The first-order valence-corrected chi connectivity index (χ1v) is 9.47. The van der Waals surface area contributed by atoms with Crippen molar-refractivity contribution < 1.29 is 23.5 Å². The quantitative estimate of drug-likeness (QED) is 0.451. The van der Waals surface area contributed by atoms with Gasteiger partial charge in [0.1, 0.15) is 5.82 Å². The van der Waals surface area contributed by atoms with Gasteiger partial charge in [0.2, 0.25) is 0 Å². The van der Waals surface area contributed by atoms with Crippen molar-refractivity contribution in [1.29, 1.82) is 0 Å². The Balaban J connectivity index is 1.71. The Hall–Kier alpha value is -2.90. The third-order valence-electron chi connectivity index (χ3n) is 5.50. The van der Waals surface area contributed by atoms with Gasteiger partial charge in [-0.3, -0.25) is 4.79 Å². The van der Waals surface area contributed by atoms with E-state index < -0.39 is 17.6 Å². The normalized spacial score (nSPS) is 16.8. The van der Waals surface area contributed by atoms with Crippen molar-refractivity contribution in [2.75, 3.05) is 26.7 Å². The third-order valence-corrected chi connectivity index (χ3v) is 5.50. The van der Waals surface area contributed by atoms with Crippen molar-refractivity contribution in [2.24, 2.45) is 0 Å². The molecule has 2 aliphatic heterocycles. The molecular formula is C20H22FN3O4. The SMILES string of the molecule is COC(=O)C(=O)c1cn2c3c(cc(F)cc13)CN(C(=O)N1CCCCC1)CC2. The number of benzene rings is 1. The lowest BCUT2D eigenvalue weighted by Gasteiger charge is -2.32. The Kier molecular flexibility index (Phi) is 4.78. The Morgan fingerprint density at radius 3 is 2.46 bits per heavy atom. The molecule has 0 N–H and O–H groups in total. The van der Waals surface area contributed by atoms with Gasteiger partial charge in [0.15, 0.2) is 0 Å². The van der Waals surface area contributed by atoms with Gasteiger partial charge in [0.05, 0.1) is 18.2 Å². The number of methoxy groups -OCH3 is 1. The number of ketones is 1. The standard InChI is InChI=1S/C20H22FN3O4/c1-28-19(26)18(25)16-12-23-7-8-24(20(27)22-5-3-2-4-6-22)11-13-9-14(21)10-15(16)17(13)23/h9-10,12H,2-8,11H2,1H3. The molecule has 1 aromatic carbocycles. The van der Waals surface area contributed by atoms with E-state index in [0.717, 1.165) is 39.5 Å². The van der Waals surface area contributed by atoms with Crippen molar-refractivity contribution in [3.8, 4) is 0 Å². The van der Waals surface area contributed by atoms with Crippen LogP contribution >= 0.6 is 0 Å². The van der Waals surface area contributed by atoms with E-state index in [1.165, 1.54) is 12.1 Å². The second kappa shape index (κ2) is 7.26. The molecule has 28 heavy (non-hydrogen) atoms. The molecule has 2 aliphatic rings. The van der Waals surface area contributed by atoms with Gasteiger partial charge in [-0.05, 0) is 37.0 Å². The average molecular weight is 387 g/mol. The molecule has 1 fully saturated rings.